The van der Waals surface area contributed by atoms with Crippen LogP contribution in [-0.2, 0) is 6.42 Å². The van der Waals surface area contributed by atoms with Crippen LogP contribution in [0.15, 0.2) is 41.8 Å². The SMILES string of the molecule is Cc1ccc(N2CC(N)CC(Cc3cccs3)C2)cc1. The lowest BCUT2D eigenvalue weighted by atomic mass is 9.91. The molecule has 2 heterocycles. The standard InChI is InChI=1S/C17H22N2S/c1-13-4-6-16(7-5-13)19-11-14(9-15(18)12-19)10-17-3-2-8-20-17/h2-8,14-15H,9-12,18H2,1H3. The van der Waals surface area contributed by atoms with Crippen LogP contribution in [0.2, 0.25) is 0 Å². The van der Waals surface area contributed by atoms with E-state index in [1.165, 1.54) is 16.1 Å². The number of nitrogens with two attached hydrogens (primary N) is 1. The summed E-state index contributed by atoms with van der Waals surface area (Å²) >= 11 is 1.86. The van der Waals surface area contributed by atoms with Crippen LogP contribution in [-0.4, -0.2) is 19.1 Å². The quantitative estimate of drug-likeness (QED) is 0.936. The average Bonchev–Trinajstić information content (AvgIpc) is 2.91. The van der Waals surface area contributed by atoms with Gasteiger partial charge >= 0.3 is 0 Å². The van der Waals surface area contributed by atoms with Gasteiger partial charge in [0.2, 0.25) is 0 Å². The first-order valence-electron chi connectivity index (χ1n) is 7.30. The van der Waals surface area contributed by atoms with Gasteiger partial charge in [-0.1, -0.05) is 23.8 Å². The highest BCUT2D eigenvalue weighted by atomic mass is 32.1. The van der Waals surface area contributed by atoms with Gasteiger partial charge in [-0.2, -0.15) is 0 Å². The molecule has 20 heavy (non-hydrogen) atoms. The highest BCUT2D eigenvalue weighted by Crippen LogP contribution is 2.26. The minimum absolute atomic E-state index is 0.287. The number of anilines is 1. The molecule has 0 spiro atoms. The lowest BCUT2D eigenvalue weighted by molar-refractivity contribution is 0.376. The van der Waals surface area contributed by atoms with Crippen LogP contribution in [0.1, 0.15) is 16.9 Å². The number of nitrogens with zero attached hydrogens (tertiary/aromatic N) is 1. The summed E-state index contributed by atoms with van der Waals surface area (Å²) in [4.78, 5) is 3.93. The topological polar surface area (TPSA) is 29.3 Å². The molecule has 3 heteroatoms. The van der Waals surface area contributed by atoms with Crippen LogP contribution in [0.4, 0.5) is 5.69 Å². The number of piperidine rings is 1. The van der Waals surface area contributed by atoms with E-state index in [1.54, 1.807) is 0 Å². The molecule has 1 aromatic carbocycles. The Morgan fingerprint density at radius 3 is 2.70 bits per heavy atom. The van der Waals surface area contributed by atoms with Crippen molar-refractivity contribution in [2.24, 2.45) is 11.7 Å². The molecule has 3 rings (SSSR count). The van der Waals surface area contributed by atoms with Gasteiger partial charge in [-0.25, -0.2) is 0 Å². The highest BCUT2D eigenvalue weighted by Gasteiger charge is 2.25. The number of aryl methyl sites for hydroxylation is 1. The maximum absolute atomic E-state index is 6.27. The predicted octanol–water partition coefficient (Wildman–Crippen LogP) is 3.45. The van der Waals surface area contributed by atoms with E-state index in [2.05, 4.69) is 53.6 Å². The molecule has 1 aliphatic heterocycles. The van der Waals surface area contributed by atoms with Gasteiger partial charge in [-0.3, -0.25) is 0 Å². The van der Waals surface area contributed by atoms with Gasteiger partial charge in [-0.05, 0) is 49.3 Å². The van der Waals surface area contributed by atoms with E-state index in [0.717, 1.165) is 25.9 Å². The van der Waals surface area contributed by atoms with Crippen molar-refractivity contribution >= 4 is 17.0 Å². The number of hydrogen-bond acceptors (Lipinski definition) is 3. The molecule has 2 unspecified atom stereocenters. The maximum Gasteiger partial charge on any atom is 0.0367 e. The molecule has 1 fully saturated rings. The number of benzene rings is 1. The predicted molar refractivity (Wildman–Crippen MR) is 87.5 cm³/mol. The lowest BCUT2D eigenvalue weighted by Crippen LogP contribution is -2.47. The van der Waals surface area contributed by atoms with Crippen LogP contribution in [0.25, 0.3) is 0 Å². The van der Waals surface area contributed by atoms with E-state index in [0.29, 0.717) is 5.92 Å². The summed E-state index contributed by atoms with van der Waals surface area (Å²) in [6.07, 6.45) is 2.30. The first kappa shape index (κ1) is 13.7. The first-order chi connectivity index (χ1) is 9.70. The fourth-order valence-electron chi connectivity index (χ4n) is 3.07. The van der Waals surface area contributed by atoms with E-state index >= 15 is 0 Å². The Labute approximate surface area is 125 Å². The minimum Gasteiger partial charge on any atom is -0.370 e. The largest absolute Gasteiger partial charge is 0.370 e. The van der Waals surface area contributed by atoms with Crippen molar-refractivity contribution in [3.8, 4) is 0 Å². The molecular weight excluding hydrogens is 264 g/mol. The Morgan fingerprint density at radius 1 is 1.20 bits per heavy atom. The molecule has 1 saturated heterocycles. The molecule has 0 bridgehead atoms. The molecule has 1 aliphatic rings. The monoisotopic (exact) mass is 286 g/mol. The fourth-order valence-corrected chi connectivity index (χ4v) is 3.90. The molecule has 0 saturated carbocycles. The third kappa shape index (κ3) is 3.22. The third-order valence-corrected chi connectivity index (χ3v) is 4.94. The van der Waals surface area contributed by atoms with Gasteiger partial charge in [-0.15, -0.1) is 11.3 Å². The van der Waals surface area contributed by atoms with E-state index in [9.17, 15) is 0 Å². The zero-order chi connectivity index (χ0) is 13.9. The van der Waals surface area contributed by atoms with E-state index in [-0.39, 0.29) is 6.04 Å². The van der Waals surface area contributed by atoms with Gasteiger partial charge in [0.05, 0.1) is 0 Å². The molecule has 2 N–H and O–H groups in total. The number of thiophene rings is 1. The Bertz CT molecular complexity index is 533. The second-order valence-corrected chi connectivity index (χ2v) is 6.92. The highest BCUT2D eigenvalue weighted by molar-refractivity contribution is 7.09. The molecule has 1 aromatic heterocycles. The van der Waals surface area contributed by atoms with Crippen molar-refractivity contribution in [3.05, 3.63) is 52.2 Å². The van der Waals surface area contributed by atoms with Crippen LogP contribution in [0, 0.1) is 12.8 Å². The Hall–Kier alpha value is -1.32. The molecule has 2 nitrogen and oxygen atoms in total. The Kier molecular flexibility index (Phi) is 4.08. The number of hydrogen-bond donors (Lipinski definition) is 1. The van der Waals surface area contributed by atoms with Gasteiger partial charge in [0.1, 0.15) is 0 Å². The number of rotatable bonds is 3. The summed E-state index contributed by atoms with van der Waals surface area (Å²) in [5, 5.41) is 2.16. The van der Waals surface area contributed by atoms with Crippen LogP contribution in [0.5, 0.6) is 0 Å². The fraction of sp³-hybridized carbons (Fsp3) is 0.412. The van der Waals surface area contributed by atoms with Crippen molar-refractivity contribution in [3.63, 3.8) is 0 Å². The third-order valence-electron chi connectivity index (χ3n) is 4.04. The molecule has 0 radical (unpaired) electrons. The summed E-state index contributed by atoms with van der Waals surface area (Å²) in [6, 6.07) is 13.5. The van der Waals surface area contributed by atoms with Crippen molar-refractivity contribution in [1.29, 1.82) is 0 Å². The van der Waals surface area contributed by atoms with Crippen LogP contribution < -0.4 is 10.6 Å². The average molecular weight is 286 g/mol. The summed E-state index contributed by atoms with van der Waals surface area (Å²) < 4.78 is 0. The van der Waals surface area contributed by atoms with Crippen molar-refractivity contribution in [1.82, 2.24) is 0 Å². The molecule has 2 aromatic rings. The molecule has 0 aliphatic carbocycles. The second kappa shape index (κ2) is 5.98. The summed E-state index contributed by atoms with van der Waals surface area (Å²) in [6.45, 7) is 4.23. The zero-order valence-electron chi connectivity index (χ0n) is 12.0. The van der Waals surface area contributed by atoms with Crippen molar-refractivity contribution in [2.75, 3.05) is 18.0 Å². The van der Waals surface area contributed by atoms with Crippen molar-refractivity contribution < 1.29 is 0 Å². The molecule has 0 amide bonds. The summed E-state index contributed by atoms with van der Waals surface area (Å²) in [5.41, 5.74) is 8.89. The van der Waals surface area contributed by atoms with Crippen LogP contribution >= 0.6 is 11.3 Å². The second-order valence-electron chi connectivity index (χ2n) is 5.89. The van der Waals surface area contributed by atoms with E-state index in [1.807, 2.05) is 11.3 Å². The summed E-state index contributed by atoms with van der Waals surface area (Å²) in [5.74, 6) is 0.665. The van der Waals surface area contributed by atoms with Gasteiger partial charge < -0.3 is 10.6 Å². The molecular formula is C17H22N2S. The van der Waals surface area contributed by atoms with Gasteiger partial charge in [0.15, 0.2) is 0 Å². The van der Waals surface area contributed by atoms with Crippen LogP contribution in [0.3, 0.4) is 0 Å². The normalized spacial score (nSPS) is 23.0. The lowest BCUT2D eigenvalue weighted by Gasteiger charge is -2.37. The minimum atomic E-state index is 0.287. The first-order valence-corrected chi connectivity index (χ1v) is 8.18. The van der Waals surface area contributed by atoms with Crippen molar-refractivity contribution in [2.45, 2.75) is 25.8 Å². The molecule has 106 valence electrons. The van der Waals surface area contributed by atoms with Gasteiger partial charge in [0, 0.05) is 29.7 Å². The maximum atomic E-state index is 6.27. The van der Waals surface area contributed by atoms with E-state index < -0.39 is 0 Å². The summed E-state index contributed by atoms with van der Waals surface area (Å²) in [7, 11) is 0. The Morgan fingerprint density at radius 2 is 2.00 bits per heavy atom. The van der Waals surface area contributed by atoms with E-state index in [4.69, 9.17) is 5.73 Å². The zero-order valence-corrected chi connectivity index (χ0v) is 12.8. The van der Waals surface area contributed by atoms with Gasteiger partial charge in [0.25, 0.3) is 0 Å². The smallest absolute Gasteiger partial charge is 0.0367 e. The molecule has 2 atom stereocenters. The Balaban J connectivity index is 1.71.